The van der Waals surface area contributed by atoms with Crippen LogP contribution in [0.15, 0.2) is 17.1 Å². The van der Waals surface area contributed by atoms with Gasteiger partial charge in [-0.15, -0.1) is 0 Å². The van der Waals surface area contributed by atoms with Gasteiger partial charge in [-0.05, 0) is 18.4 Å². The standard InChI is InChI=1S/C18H28FN3O6/c1-3-5-6-11(4-2)10-27-18(26)21-13-7-8-22(17(25)20-13)16-15(24)14(23)12(9-19)28-16/h7-8,11-12,14-16,23-24H,3-6,9-10H2,1-2H3,(H,20,21,25,26)/t11?,12-,14-,15-,16-/m1/s1. The van der Waals surface area contributed by atoms with Gasteiger partial charge in [0.15, 0.2) is 6.23 Å². The van der Waals surface area contributed by atoms with Gasteiger partial charge in [0.25, 0.3) is 0 Å². The van der Waals surface area contributed by atoms with Gasteiger partial charge in [-0.1, -0.05) is 33.1 Å². The minimum atomic E-state index is -1.47. The lowest BCUT2D eigenvalue weighted by molar-refractivity contribution is -0.0453. The van der Waals surface area contributed by atoms with Crippen LogP contribution in [0.3, 0.4) is 0 Å². The topological polar surface area (TPSA) is 123 Å². The van der Waals surface area contributed by atoms with Crippen LogP contribution in [0.25, 0.3) is 0 Å². The molecule has 1 fully saturated rings. The predicted octanol–water partition coefficient (Wildman–Crippen LogP) is 1.60. The molecule has 0 saturated carbocycles. The molecule has 0 bridgehead atoms. The Labute approximate surface area is 162 Å². The number of hydrogen-bond acceptors (Lipinski definition) is 7. The summed E-state index contributed by atoms with van der Waals surface area (Å²) in [4.78, 5) is 27.8. The normalized spacial score (nSPS) is 25.5. The number of rotatable bonds is 9. The van der Waals surface area contributed by atoms with Gasteiger partial charge in [0.2, 0.25) is 0 Å². The maximum Gasteiger partial charge on any atom is 0.412 e. The van der Waals surface area contributed by atoms with Gasteiger partial charge >= 0.3 is 11.8 Å². The highest BCUT2D eigenvalue weighted by Gasteiger charge is 2.44. The predicted molar refractivity (Wildman–Crippen MR) is 98.7 cm³/mol. The molecule has 10 heteroatoms. The number of carbonyl (C=O) groups excluding carboxylic acids is 1. The smallest absolute Gasteiger partial charge is 0.412 e. The zero-order chi connectivity index (χ0) is 20.7. The lowest BCUT2D eigenvalue weighted by Gasteiger charge is -2.17. The first kappa shape index (κ1) is 22.3. The largest absolute Gasteiger partial charge is 0.449 e. The number of aromatic nitrogens is 2. The Morgan fingerprint density at radius 2 is 2.18 bits per heavy atom. The summed E-state index contributed by atoms with van der Waals surface area (Å²) < 4.78 is 24.1. The second kappa shape index (κ2) is 10.5. The summed E-state index contributed by atoms with van der Waals surface area (Å²) >= 11 is 0. The Morgan fingerprint density at radius 3 is 2.75 bits per heavy atom. The first-order valence-corrected chi connectivity index (χ1v) is 9.51. The summed E-state index contributed by atoms with van der Waals surface area (Å²) in [6.07, 6.45) is -0.874. The SMILES string of the molecule is CCCCC(CC)COC(=O)Nc1ccn([C@@H]2O[C@H](CF)[C@@H](O)[C@H]2O)c(=O)n1. The van der Waals surface area contributed by atoms with Crippen LogP contribution in [0.5, 0.6) is 0 Å². The Kier molecular flexibility index (Phi) is 8.34. The van der Waals surface area contributed by atoms with Crippen LogP contribution < -0.4 is 11.0 Å². The van der Waals surface area contributed by atoms with Crippen molar-refractivity contribution in [2.24, 2.45) is 5.92 Å². The van der Waals surface area contributed by atoms with Crippen LogP contribution in [0.2, 0.25) is 0 Å². The van der Waals surface area contributed by atoms with Crippen LogP contribution in [-0.4, -0.2) is 57.5 Å². The highest BCUT2D eigenvalue weighted by molar-refractivity contribution is 5.83. The van der Waals surface area contributed by atoms with Crippen LogP contribution in [0, 0.1) is 5.92 Å². The lowest BCUT2D eigenvalue weighted by atomic mass is 10.0. The van der Waals surface area contributed by atoms with Crippen molar-refractivity contribution in [1.82, 2.24) is 9.55 Å². The van der Waals surface area contributed by atoms with Crippen molar-refractivity contribution in [3.8, 4) is 0 Å². The van der Waals surface area contributed by atoms with Crippen LogP contribution >= 0.6 is 0 Å². The van der Waals surface area contributed by atoms with E-state index in [1.807, 2.05) is 6.92 Å². The number of nitrogens with one attached hydrogen (secondary N) is 1. The van der Waals surface area contributed by atoms with E-state index in [0.717, 1.165) is 30.3 Å². The summed E-state index contributed by atoms with van der Waals surface area (Å²) in [5.74, 6) is 0.255. The van der Waals surface area contributed by atoms with E-state index < -0.39 is 43.0 Å². The highest BCUT2D eigenvalue weighted by atomic mass is 19.1. The van der Waals surface area contributed by atoms with Gasteiger partial charge in [-0.3, -0.25) is 9.88 Å². The molecule has 1 aromatic heterocycles. The molecule has 0 spiro atoms. The minimum absolute atomic E-state index is 0.0251. The van der Waals surface area contributed by atoms with Crippen molar-refractivity contribution in [2.45, 2.75) is 64.1 Å². The monoisotopic (exact) mass is 401 g/mol. The van der Waals surface area contributed by atoms with Crippen molar-refractivity contribution < 1.29 is 28.9 Å². The molecule has 0 aliphatic carbocycles. The van der Waals surface area contributed by atoms with Gasteiger partial charge in [-0.25, -0.2) is 14.0 Å². The summed E-state index contributed by atoms with van der Waals surface area (Å²) in [5, 5.41) is 22.0. The number of ether oxygens (including phenoxy) is 2. The molecule has 0 aromatic carbocycles. The Morgan fingerprint density at radius 1 is 1.43 bits per heavy atom. The molecular weight excluding hydrogens is 373 g/mol. The molecule has 28 heavy (non-hydrogen) atoms. The Balaban J connectivity index is 1.95. The number of nitrogens with zero attached hydrogens (tertiary/aromatic N) is 2. The number of aliphatic hydroxyl groups is 2. The van der Waals surface area contributed by atoms with Crippen LogP contribution in [0.1, 0.15) is 45.8 Å². The number of carbonyl (C=O) groups is 1. The number of hydrogen-bond donors (Lipinski definition) is 3. The Bertz CT molecular complexity index is 700. The van der Waals surface area contributed by atoms with Gasteiger partial charge in [-0.2, -0.15) is 4.98 Å². The maximum atomic E-state index is 12.8. The quantitative estimate of drug-likeness (QED) is 0.574. The fourth-order valence-electron chi connectivity index (χ4n) is 2.99. The molecule has 1 aliphatic rings. The molecule has 1 saturated heterocycles. The zero-order valence-corrected chi connectivity index (χ0v) is 16.1. The summed E-state index contributed by atoms with van der Waals surface area (Å²) in [5.41, 5.74) is -0.831. The second-order valence-electron chi connectivity index (χ2n) is 6.84. The van der Waals surface area contributed by atoms with Crippen molar-refractivity contribution in [3.63, 3.8) is 0 Å². The maximum absolute atomic E-state index is 12.8. The molecule has 2 heterocycles. The van der Waals surface area contributed by atoms with E-state index in [1.54, 1.807) is 0 Å². The van der Waals surface area contributed by atoms with Crippen LogP contribution in [-0.2, 0) is 9.47 Å². The van der Waals surface area contributed by atoms with E-state index in [-0.39, 0.29) is 18.3 Å². The molecule has 3 N–H and O–H groups in total. The minimum Gasteiger partial charge on any atom is -0.449 e. The molecule has 2 rings (SSSR count). The summed E-state index contributed by atoms with van der Waals surface area (Å²) in [7, 11) is 0. The van der Waals surface area contributed by atoms with Gasteiger partial charge in [0.1, 0.15) is 30.8 Å². The molecule has 1 amide bonds. The first-order chi connectivity index (χ1) is 13.4. The fraction of sp³-hybridized carbons (Fsp3) is 0.722. The molecule has 5 atom stereocenters. The molecular formula is C18H28FN3O6. The number of alkyl halides is 1. The van der Waals surface area contributed by atoms with Crippen molar-refractivity contribution >= 4 is 11.9 Å². The number of amides is 1. The van der Waals surface area contributed by atoms with Crippen molar-refractivity contribution in [3.05, 3.63) is 22.7 Å². The molecule has 0 radical (unpaired) electrons. The summed E-state index contributed by atoms with van der Waals surface area (Å²) in [6, 6.07) is 1.32. The molecule has 9 nitrogen and oxygen atoms in total. The second-order valence-corrected chi connectivity index (χ2v) is 6.84. The van der Waals surface area contributed by atoms with E-state index in [4.69, 9.17) is 9.47 Å². The number of unbranched alkanes of at least 4 members (excludes halogenated alkanes) is 1. The van der Waals surface area contributed by atoms with Gasteiger partial charge in [0, 0.05) is 6.20 Å². The summed E-state index contributed by atoms with van der Waals surface area (Å²) in [6.45, 7) is 3.42. The van der Waals surface area contributed by atoms with Gasteiger partial charge in [0.05, 0.1) is 6.61 Å². The number of halogens is 1. The molecule has 158 valence electrons. The third-order valence-corrected chi connectivity index (χ3v) is 4.82. The highest BCUT2D eigenvalue weighted by Crippen LogP contribution is 2.28. The zero-order valence-electron chi connectivity index (χ0n) is 16.1. The average molecular weight is 401 g/mol. The third-order valence-electron chi connectivity index (χ3n) is 4.82. The van der Waals surface area contributed by atoms with E-state index in [0.29, 0.717) is 0 Å². The average Bonchev–Trinajstić information content (AvgIpc) is 2.96. The van der Waals surface area contributed by atoms with Crippen LogP contribution in [0.4, 0.5) is 15.0 Å². The van der Waals surface area contributed by atoms with Gasteiger partial charge < -0.3 is 19.7 Å². The van der Waals surface area contributed by atoms with E-state index in [9.17, 15) is 24.2 Å². The van der Waals surface area contributed by atoms with Crippen molar-refractivity contribution in [1.29, 1.82) is 0 Å². The fourth-order valence-corrected chi connectivity index (χ4v) is 2.99. The first-order valence-electron chi connectivity index (χ1n) is 9.51. The van der Waals surface area contributed by atoms with Crippen molar-refractivity contribution in [2.75, 3.05) is 18.6 Å². The van der Waals surface area contributed by atoms with E-state index in [2.05, 4.69) is 17.2 Å². The number of anilines is 1. The van der Waals surface area contributed by atoms with E-state index in [1.165, 1.54) is 12.3 Å². The molecule has 1 aliphatic heterocycles. The number of aliphatic hydroxyl groups excluding tert-OH is 2. The molecule has 1 unspecified atom stereocenters. The third kappa shape index (κ3) is 5.49. The lowest BCUT2D eigenvalue weighted by Crippen LogP contribution is -2.36. The van der Waals surface area contributed by atoms with E-state index >= 15 is 0 Å². The Hall–Kier alpha value is -2.04. The molecule has 1 aromatic rings.